The van der Waals surface area contributed by atoms with Crippen LogP contribution >= 0.6 is 34.2 Å². The molecule has 94 valence electrons. The van der Waals surface area contributed by atoms with Crippen LogP contribution in [0.3, 0.4) is 0 Å². The highest BCUT2D eigenvalue weighted by Crippen LogP contribution is 2.23. The third-order valence-corrected chi connectivity index (χ3v) is 3.97. The van der Waals surface area contributed by atoms with Gasteiger partial charge in [0, 0.05) is 12.4 Å². The smallest absolute Gasteiger partial charge is 0.199 e. The van der Waals surface area contributed by atoms with E-state index >= 15 is 0 Å². The second-order valence-electron chi connectivity index (χ2n) is 4.27. The maximum Gasteiger partial charge on any atom is 0.199 e. The first-order valence-electron chi connectivity index (χ1n) is 5.57. The van der Waals surface area contributed by atoms with Crippen molar-refractivity contribution in [3.63, 3.8) is 0 Å². The summed E-state index contributed by atoms with van der Waals surface area (Å²) in [5.41, 5.74) is 0.952. The van der Waals surface area contributed by atoms with Gasteiger partial charge >= 0.3 is 0 Å². The zero-order valence-corrected chi connectivity index (χ0v) is 13.0. The van der Waals surface area contributed by atoms with E-state index in [0.717, 1.165) is 15.7 Å². The molecule has 0 aliphatic heterocycles. The third-order valence-electron chi connectivity index (χ3n) is 2.25. The van der Waals surface area contributed by atoms with Crippen LogP contribution in [-0.2, 0) is 6.42 Å². The Kier molecular flexibility index (Phi) is 4.45. The van der Waals surface area contributed by atoms with Crippen molar-refractivity contribution in [3.8, 4) is 11.6 Å². The summed E-state index contributed by atoms with van der Waals surface area (Å²) in [5, 5.41) is 0.462. The van der Waals surface area contributed by atoms with E-state index in [9.17, 15) is 0 Å². The van der Waals surface area contributed by atoms with Crippen molar-refractivity contribution >= 4 is 34.2 Å². The summed E-state index contributed by atoms with van der Waals surface area (Å²) >= 11 is 8.31. The van der Waals surface area contributed by atoms with E-state index in [-0.39, 0.29) is 0 Å². The van der Waals surface area contributed by atoms with Crippen molar-refractivity contribution in [2.75, 3.05) is 0 Å². The van der Waals surface area contributed by atoms with Crippen LogP contribution in [-0.4, -0.2) is 19.9 Å². The van der Waals surface area contributed by atoms with Crippen LogP contribution in [0.25, 0.3) is 11.6 Å². The van der Waals surface area contributed by atoms with Crippen LogP contribution in [0.1, 0.15) is 19.5 Å². The fraction of sp³-hybridized carbons (Fsp3) is 0.333. The van der Waals surface area contributed by atoms with Gasteiger partial charge in [-0.25, -0.2) is 19.9 Å². The molecule has 18 heavy (non-hydrogen) atoms. The number of halogens is 2. The summed E-state index contributed by atoms with van der Waals surface area (Å²) in [5.74, 6) is 1.49. The Labute approximate surface area is 124 Å². The molecule has 0 saturated carbocycles. The second-order valence-corrected chi connectivity index (χ2v) is 5.71. The molecule has 0 fully saturated rings. The molecule has 0 spiro atoms. The fourth-order valence-electron chi connectivity index (χ4n) is 1.50. The maximum atomic E-state index is 6.14. The van der Waals surface area contributed by atoms with E-state index in [2.05, 4.69) is 56.4 Å². The Morgan fingerprint density at radius 3 is 2.44 bits per heavy atom. The van der Waals surface area contributed by atoms with Gasteiger partial charge in [-0.3, -0.25) is 0 Å². The standard InChI is InChI=1S/C12H12ClIN4/c1-7(2)6-8-9(14)10(13)18-12(17-8)11-15-4-3-5-16-11/h3-5,7H,6H2,1-2H3. The second kappa shape index (κ2) is 5.88. The first kappa shape index (κ1) is 13.6. The van der Waals surface area contributed by atoms with Gasteiger partial charge in [-0.2, -0.15) is 0 Å². The molecule has 0 amide bonds. The van der Waals surface area contributed by atoms with E-state index in [1.807, 2.05) is 0 Å². The van der Waals surface area contributed by atoms with Gasteiger partial charge in [0.15, 0.2) is 11.6 Å². The molecule has 2 aromatic heterocycles. The van der Waals surface area contributed by atoms with Crippen molar-refractivity contribution in [3.05, 3.63) is 32.9 Å². The molecular formula is C12H12ClIN4. The number of nitrogens with zero attached hydrogens (tertiary/aromatic N) is 4. The van der Waals surface area contributed by atoms with Gasteiger partial charge in [0.2, 0.25) is 0 Å². The lowest BCUT2D eigenvalue weighted by Gasteiger charge is -2.09. The number of rotatable bonds is 3. The molecule has 0 aliphatic carbocycles. The minimum absolute atomic E-state index is 0.462. The van der Waals surface area contributed by atoms with E-state index < -0.39 is 0 Å². The predicted molar refractivity (Wildman–Crippen MR) is 79.3 cm³/mol. The number of hydrogen-bond acceptors (Lipinski definition) is 4. The van der Waals surface area contributed by atoms with Gasteiger partial charge in [0.25, 0.3) is 0 Å². The van der Waals surface area contributed by atoms with E-state index in [0.29, 0.717) is 22.7 Å². The van der Waals surface area contributed by atoms with Crippen molar-refractivity contribution in [1.82, 2.24) is 19.9 Å². The SMILES string of the molecule is CC(C)Cc1nc(-c2ncccn2)nc(Cl)c1I. The molecule has 0 atom stereocenters. The van der Waals surface area contributed by atoms with E-state index in [1.165, 1.54) is 0 Å². The minimum atomic E-state index is 0.462. The van der Waals surface area contributed by atoms with Crippen LogP contribution in [0.5, 0.6) is 0 Å². The lowest BCUT2D eigenvalue weighted by molar-refractivity contribution is 0.632. The Morgan fingerprint density at radius 1 is 1.17 bits per heavy atom. The van der Waals surface area contributed by atoms with Gasteiger partial charge in [0.05, 0.1) is 9.26 Å². The fourth-order valence-corrected chi connectivity index (χ4v) is 2.15. The van der Waals surface area contributed by atoms with Crippen LogP contribution in [0.4, 0.5) is 0 Å². The van der Waals surface area contributed by atoms with Crippen LogP contribution < -0.4 is 0 Å². The zero-order valence-electron chi connectivity index (χ0n) is 10.1. The quantitative estimate of drug-likeness (QED) is 0.610. The largest absolute Gasteiger partial charge is 0.234 e. The molecule has 0 bridgehead atoms. The maximum absolute atomic E-state index is 6.14. The van der Waals surface area contributed by atoms with Crippen LogP contribution in [0, 0.1) is 9.49 Å². The van der Waals surface area contributed by atoms with Gasteiger partial charge in [-0.05, 0) is 41.0 Å². The van der Waals surface area contributed by atoms with Crippen LogP contribution in [0.15, 0.2) is 18.5 Å². The molecule has 0 radical (unpaired) electrons. The highest BCUT2D eigenvalue weighted by molar-refractivity contribution is 14.1. The van der Waals surface area contributed by atoms with Crippen molar-refractivity contribution in [2.45, 2.75) is 20.3 Å². The highest BCUT2D eigenvalue weighted by Gasteiger charge is 2.14. The van der Waals surface area contributed by atoms with Crippen LogP contribution in [0.2, 0.25) is 5.15 Å². The predicted octanol–water partition coefficient (Wildman–Crippen LogP) is 3.39. The molecular weight excluding hydrogens is 363 g/mol. The van der Waals surface area contributed by atoms with Crippen molar-refractivity contribution in [1.29, 1.82) is 0 Å². The molecule has 4 nitrogen and oxygen atoms in total. The van der Waals surface area contributed by atoms with E-state index in [1.54, 1.807) is 18.5 Å². The molecule has 0 aliphatic rings. The van der Waals surface area contributed by atoms with Gasteiger partial charge in [-0.15, -0.1) is 0 Å². The first-order chi connectivity index (χ1) is 8.58. The third kappa shape index (κ3) is 3.14. The van der Waals surface area contributed by atoms with Gasteiger partial charge in [0.1, 0.15) is 5.15 Å². The zero-order chi connectivity index (χ0) is 13.1. The summed E-state index contributed by atoms with van der Waals surface area (Å²) < 4.78 is 0.905. The molecule has 6 heteroatoms. The molecule has 0 unspecified atom stereocenters. The van der Waals surface area contributed by atoms with Gasteiger partial charge in [-0.1, -0.05) is 25.4 Å². The highest BCUT2D eigenvalue weighted by atomic mass is 127. The molecule has 0 aromatic carbocycles. The first-order valence-corrected chi connectivity index (χ1v) is 7.03. The van der Waals surface area contributed by atoms with Crippen molar-refractivity contribution < 1.29 is 0 Å². The summed E-state index contributed by atoms with van der Waals surface area (Å²) in [6.07, 6.45) is 4.19. The molecule has 0 saturated heterocycles. The average molecular weight is 375 g/mol. The Bertz CT molecular complexity index is 545. The Balaban J connectivity index is 2.47. The lowest BCUT2D eigenvalue weighted by Crippen LogP contribution is -2.05. The normalized spacial score (nSPS) is 10.9. The molecule has 2 aromatic rings. The summed E-state index contributed by atoms with van der Waals surface area (Å²) in [4.78, 5) is 17.0. The monoisotopic (exact) mass is 374 g/mol. The summed E-state index contributed by atoms with van der Waals surface area (Å²) in [6, 6.07) is 1.76. The average Bonchev–Trinajstić information content (AvgIpc) is 2.35. The van der Waals surface area contributed by atoms with Gasteiger partial charge < -0.3 is 0 Å². The minimum Gasteiger partial charge on any atom is -0.234 e. The topological polar surface area (TPSA) is 51.6 Å². The summed E-state index contributed by atoms with van der Waals surface area (Å²) in [6.45, 7) is 4.29. The molecule has 2 heterocycles. The van der Waals surface area contributed by atoms with E-state index in [4.69, 9.17) is 11.6 Å². The lowest BCUT2D eigenvalue weighted by atomic mass is 10.1. The molecule has 0 N–H and O–H groups in total. The molecule has 2 rings (SSSR count). The Hall–Kier alpha value is -0.820. The number of aromatic nitrogens is 4. The number of hydrogen-bond donors (Lipinski definition) is 0. The van der Waals surface area contributed by atoms with Crippen molar-refractivity contribution in [2.24, 2.45) is 5.92 Å². The summed E-state index contributed by atoms with van der Waals surface area (Å²) in [7, 11) is 0. The Morgan fingerprint density at radius 2 is 1.83 bits per heavy atom.